The van der Waals surface area contributed by atoms with Crippen LogP contribution in [0.4, 0.5) is 4.79 Å². The molecule has 3 N–H and O–H groups in total. The fourth-order valence-electron chi connectivity index (χ4n) is 4.01. The van der Waals surface area contributed by atoms with E-state index in [2.05, 4.69) is 34.9 Å². The molecule has 2 aromatic carbocycles. The van der Waals surface area contributed by atoms with E-state index in [0.29, 0.717) is 0 Å². The van der Waals surface area contributed by atoms with E-state index in [9.17, 15) is 14.4 Å². The summed E-state index contributed by atoms with van der Waals surface area (Å²) in [6.45, 7) is 3.77. The van der Waals surface area contributed by atoms with Crippen LogP contribution < -0.4 is 10.6 Å². The molecule has 2 aromatic rings. The number of alkyl carbamates (subject to hydrolysis) is 1. The number of nitrogens with one attached hydrogen (secondary N) is 2. The maximum Gasteiger partial charge on any atom is 0.407 e. The summed E-state index contributed by atoms with van der Waals surface area (Å²) in [6.07, 6.45) is -1.41. The third kappa shape index (κ3) is 5.70. The first kappa shape index (κ1) is 24.3. The average Bonchev–Trinajstić information content (AvgIpc) is 3.13. The molecule has 8 nitrogen and oxygen atoms in total. The van der Waals surface area contributed by atoms with E-state index < -0.39 is 30.1 Å². The van der Waals surface area contributed by atoms with Crippen LogP contribution >= 0.6 is 0 Å². The van der Waals surface area contributed by atoms with Crippen molar-refractivity contribution in [2.75, 3.05) is 20.3 Å². The Balaban J connectivity index is 1.50. The van der Waals surface area contributed by atoms with Crippen LogP contribution in [0.25, 0.3) is 11.1 Å². The maximum atomic E-state index is 12.4. The second-order valence-electron chi connectivity index (χ2n) is 8.19. The molecule has 8 heteroatoms. The molecule has 0 aromatic heterocycles. The van der Waals surface area contributed by atoms with Crippen LogP contribution in [0.15, 0.2) is 48.5 Å². The second kappa shape index (κ2) is 11.0. The SMILES string of the molecule is COC(CCNC(=O)C(C)C(C)NC(=O)OCC1c2ccccc2-c2ccccc21)C(=O)O. The monoisotopic (exact) mass is 454 g/mol. The summed E-state index contributed by atoms with van der Waals surface area (Å²) in [5.74, 6) is -1.94. The molecule has 3 atom stereocenters. The van der Waals surface area contributed by atoms with E-state index in [4.69, 9.17) is 14.6 Å². The molecule has 0 bridgehead atoms. The summed E-state index contributed by atoms with van der Waals surface area (Å²) in [5.41, 5.74) is 4.56. The molecule has 0 aliphatic heterocycles. The van der Waals surface area contributed by atoms with Gasteiger partial charge in [0, 0.05) is 32.0 Å². The molecular formula is C25H30N2O6. The Morgan fingerprint density at radius 2 is 1.58 bits per heavy atom. The topological polar surface area (TPSA) is 114 Å². The van der Waals surface area contributed by atoms with E-state index in [-0.39, 0.29) is 31.4 Å². The van der Waals surface area contributed by atoms with Crippen molar-refractivity contribution in [3.8, 4) is 11.1 Å². The molecule has 176 valence electrons. The number of fused-ring (bicyclic) bond motifs is 3. The van der Waals surface area contributed by atoms with Crippen molar-refractivity contribution in [1.29, 1.82) is 0 Å². The molecule has 0 fully saturated rings. The molecule has 2 amide bonds. The number of carboxylic acid groups (broad SMARTS) is 1. The standard InChI is InChI=1S/C25H30N2O6/c1-15(23(28)26-13-12-22(32-3)24(29)30)16(2)27-25(31)33-14-21-19-10-6-4-8-17(19)18-9-5-7-11-20(18)21/h4-11,15-16,21-22H,12-14H2,1-3H3,(H,26,28)(H,27,31)(H,29,30). The van der Waals surface area contributed by atoms with Crippen LogP contribution in [0.3, 0.4) is 0 Å². The summed E-state index contributed by atoms with van der Waals surface area (Å²) in [6, 6.07) is 15.7. The van der Waals surface area contributed by atoms with Gasteiger partial charge in [-0.15, -0.1) is 0 Å². The minimum absolute atomic E-state index is 0.0397. The van der Waals surface area contributed by atoms with Gasteiger partial charge in [0.1, 0.15) is 6.61 Å². The lowest BCUT2D eigenvalue weighted by Gasteiger charge is -2.22. The number of aliphatic carboxylic acids is 1. The Labute approximate surface area is 193 Å². The van der Waals surface area contributed by atoms with E-state index >= 15 is 0 Å². The Morgan fingerprint density at radius 3 is 2.12 bits per heavy atom. The second-order valence-corrected chi connectivity index (χ2v) is 8.19. The predicted molar refractivity (Wildman–Crippen MR) is 123 cm³/mol. The number of hydrogen-bond donors (Lipinski definition) is 3. The molecule has 0 spiro atoms. The van der Waals surface area contributed by atoms with Crippen LogP contribution in [-0.2, 0) is 19.1 Å². The molecule has 3 rings (SSSR count). The van der Waals surface area contributed by atoms with Gasteiger partial charge in [0.15, 0.2) is 6.10 Å². The van der Waals surface area contributed by atoms with E-state index in [1.54, 1.807) is 13.8 Å². The van der Waals surface area contributed by atoms with Crippen molar-refractivity contribution < 1.29 is 29.0 Å². The molecule has 0 saturated carbocycles. The van der Waals surface area contributed by atoms with Crippen LogP contribution in [0.1, 0.15) is 37.3 Å². The highest BCUT2D eigenvalue weighted by molar-refractivity contribution is 5.81. The minimum Gasteiger partial charge on any atom is -0.479 e. The fraction of sp³-hybridized carbons (Fsp3) is 0.400. The number of carboxylic acids is 1. The van der Waals surface area contributed by atoms with Gasteiger partial charge in [0.25, 0.3) is 0 Å². The number of amides is 2. The van der Waals surface area contributed by atoms with Gasteiger partial charge in [-0.2, -0.15) is 0 Å². The summed E-state index contributed by atoms with van der Waals surface area (Å²) < 4.78 is 10.4. The first-order chi connectivity index (χ1) is 15.8. The Morgan fingerprint density at radius 1 is 1.00 bits per heavy atom. The zero-order valence-electron chi connectivity index (χ0n) is 19.0. The van der Waals surface area contributed by atoms with Crippen molar-refractivity contribution in [3.05, 3.63) is 59.7 Å². The first-order valence-corrected chi connectivity index (χ1v) is 11.0. The van der Waals surface area contributed by atoms with Gasteiger partial charge in [0.2, 0.25) is 5.91 Å². The Bertz CT molecular complexity index is 962. The van der Waals surface area contributed by atoms with Crippen LogP contribution in [0.2, 0.25) is 0 Å². The number of hydrogen-bond acceptors (Lipinski definition) is 5. The molecule has 0 heterocycles. The summed E-state index contributed by atoms with van der Waals surface area (Å²) in [4.78, 5) is 35.8. The number of ether oxygens (including phenoxy) is 2. The van der Waals surface area contributed by atoms with Gasteiger partial charge in [-0.1, -0.05) is 55.5 Å². The highest BCUT2D eigenvalue weighted by Gasteiger charge is 2.29. The lowest BCUT2D eigenvalue weighted by Crippen LogP contribution is -2.45. The quantitative estimate of drug-likeness (QED) is 0.508. The average molecular weight is 455 g/mol. The molecular weight excluding hydrogens is 424 g/mol. The molecule has 1 aliphatic carbocycles. The van der Waals surface area contributed by atoms with Crippen molar-refractivity contribution in [3.63, 3.8) is 0 Å². The van der Waals surface area contributed by atoms with Crippen molar-refractivity contribution in [2.24, 2.45) is 5.92 Å². The Hall–Kier alpha value is -3.39. The largest absolute Gasteiger partial charge is 0.479 e. The van der Waals surface area contributed by atoms with Crippen molar-refractivity contribution in [1.82, 2.24) is 10.6 Å². The zero-order chi connectivity index (χ0) is 24.0. The third-order valence-corrected chi connectivity index (χ3v) is 6.12. The van der Waals surface area contributed by atoms with Gasteiger partial charge in [0.05, 0.1) is 5.92 Å². The summed E-state index contributed by atoms with van der Waals surface area (Å²) in [7, 11) is 1.31. The zero-order valence-corrected chi connectivity index (χ0v) is 19.0. The molecule has 3 unspecified atom stereocenters. The molecule has 1 aliphatic rings. The van der Waals surface area contributed by atoms with E-state index in [1.807, 2.05) is 24.3 Å². The molecule has 0 saturated heterocycles. The number of rotatable bonds is 10. The number of methoxy groups -OCH3 is 1. The minimum atomic E-state index is -1.08. The summed E-state index contributed by atoms with van der Waals surface area (Å²) in [5, 5.41) is 14.4. The predicted octanol–water partition coefficient (Wildman–Crippen LogP) is 3.16. The lowest BCUT2D eigenvalue weighted by atomic mass is 9.98. The van der Waals surface area contributed by atoms with Crippen molar-refractivity contribution in [2.45, 2.75) is 38.3 Å². The maximum absolute atomic E-state index is 12.4. The number of benzene rings is 2. The highest BCUT2D eigenvalue weighted by atomic mass is 16.5. The van der Waals surface area contributed by atoms with Gasteiger partial charge >= 0.3 is 12.1 Å². The lowest BCUT2D eigenvalue weighted by molar-refractivity contribution is -0.149. The van der Waals surface area contributed by atoms with Gasteiger partial charge in [-0.25, -0.2) is 9.59 Å². The number of carbonyl (C=O) groups is 3. The summed E-state index contributed by atoms with van der Waals surface area (Å²) >= 11 is 0. The number of carbonyl (C=O) groups excluding carboxylic acids is 2. The first-order valence-electron chi connectivity index (χ1n) is 11.0. The van der Waals surface area contributed by atoms with Crippen LogP contribution in [0.5, 0.6) is 0 Å². The van der Waals surface area contributed by atoms with Crippen LogP contribution in [0, 0.1) is 5.92 Å². The van der Waals surface area contributed by atoms with Crippen LogP contribution in [-0.4, -0.2) is 55.5 Å². The molecule has 33 heavy (non-hydrogen) atoms. The Kier molecular flexibility index (Phi) is 8.06. The normalized spacial score (nSPS) is 15.0. The van der Waals surface area contributed by atoms with E-state index in [1.165, 1.54) is 7.11 Å². The van der Waals surface area contributed by atoms with Gasteiger partial charge < -0.3 is 25.2 Å². The fourth-order valence-corrected chi connectivity index (χ4v) is 4.01. The van der Waals surface area contributed by atoms with E-state index in [0.717, 1.165) is 22.3 Å². The smallest absolute Gasteiger partial charge is 0.407 e. The molecule has 0 radical (unpaired) electrons. The third-order valence-electron chi connectivity index (χ3n) is 6.12. The van der Waals surface area contributed by atoms with Crippen molar-refractivity contribution >= 4 is 18.0 Å². The highest BCUT2D eigenvalue weighted by Crippen LogP contribution is 2.44. The van der Waals surface area contributed by atoms with Gasteiger partial charge in [-0.05, 0) is 29.2 Å². The van der Waals surface area contributed by atoms with Gasteiger partial charge in [-0.3, -0.25) is 4.79 Å².